The molecule has 0 saturated carbocycles. The number of nitrogens with zero attached hydrogens (tertiary/aromatic N) is 2. The zero-order valence-corrected chi connectivity index (χ0v) is 15.8. The Morgan fingerprint density at radius 1 is 1.00 bits per heavy atom. The molecule has 0 unspecified atom stereocenters. The van der Waals surface area contributed by atoms with Crippen LogP contribution in [0.25, 0.3) is 17.0 Å². The highest BCUT2D eigenvalue weighted by Crippen LogP contribution is 2.35. The van der Waals surface area contributed by atoms with Crippen LogP contribution in [0.4, 0.5) is 18.9 Å². The Kier molecular flexibility index (Phi) is 4.91. The van der Waals surface area contributed by atoms with Crippen molar-refractivity contribution in [3.63, 3.8) is 0 Å². The van der Waals surface area contributed by atoms with Gasteiger partial charge in [0.05, 0.1) is 18.4 Å². The highest BCUT2D eigenvalue weighted by molar-refractivity contribution is 5.81. The number of fused-ring (bicyclic) bond motifs is 1. The van der Waals surface area contributed by atoms with Crippen LogP contribution in [0.15, 0.2) is 73.2 Å². The van der Waals surface area contributed by atoms with E-state index in [0.717, 1.165) is 23.4 Å². The number of rotatable bonds is 4. The molecule has 1 aromatic heterocycles. The molecule has 0 atom stereocenters. The molecule has 4 rings (SSSR count). The van der Waals surface area contributed by atoms with E-state index in [1.54, 1.807) is 19.3 Å². The van der Waals surface area contributed by atoms with Crippen LogP contribution in [0, 0.1) is 0 Å². The maximum absolute atomic E-state index is 12.8. The molecule has 0 bridgehead atoms. The second-order valence-electron chi connectivity index (χ2n) is 6.49. The second-order valence-corrected chi connectivity index (χ2v) is 6.49. The summed E-state index contributed by atoms with van der Waals surface area (Å²) < 4.78 is 49.6. The number of halogens is 3. The largest absolute Gasteiger partial charge is 0.497 e. The lowest BCUT2D eigenvalue weighted by atomic mass is 10.1. The predicted octanol–water partition coefficient (Wildman–Crippen LogP) is 5.53. The quantitative estimate of drug-likeness (QED) is 0.612. The molecule has 0 aliphatic carbocycles. The van der Waals surface area contributed by atoms with Crippen molar-refractivity contribution in [1.29, 1.82) is 0 Å². The number of hydrogen-bond donors (Lipinski definition) is 1. The lowest BCUT2D eigenvalue weighted by Gasteiger charge is -2.21. The Morgan fingerprint density at radius 3 is 2.47 bits per heavy atom. The van der Waals surface area contributed by atoms with Crippen LogP contribution in [0.2, 0.25) is 0 Å². The Balaban J connectivity index is 1.63. The number of aromatic nitrogens is 2. The van der Waals surface area contributed by atoms with E-state index in [-0.39, 0.29) is 5.88 Å². The van der Waals surface area contributed by atoms with E-state index in [0.29, 0.717) is 28.5 Å². The van der Waals surface area contributed by atoms with E-state index in [4.69, 9.17) is 9.47 Å². The molecule has 1 aliphatic heterocycles. The van der Waals surface area contributed by atoms with Crippen molar-refractivity contribution < 1.29 is 22.6 Å². The monoisotopic (exact) mass is 411 g/mol. The SMILES string of the molecule is C=C1C=C(Oc2cc(-c3ccc(C(F)(F)F)cc3)ncn2)c2cc(OC)ccc2N1. The Morgan fingerprint density at radius 2 is 1.77 bits per heavy atom. The van der Waals surface area contributed by atoms with Gasteiger partial charge in [0.1, 0.15) is 17.8 Å². The number of hydrogen-bond acceptors (Lipinski definition) is 5. The van der Waals surface area contributed by atoms with Crippen molar-refractivity contribution in [3.05, 3.63) is 84.3 Å². The third-order valence-electron chi connectivity index (χ3n) is 4.46. The van der Waals surface area contributed by atoms with Gasteiger partial charge in [-0.05, 0) is 30.3 Å². The van der Waals surface area contributed by atoms with Gasteiger partial charge in [0.25, 0.3) is 0 Å². The summed E-state index contributed by atoms with van der Waals surface area (Å²) in [6, 6.07) is 11.8. The van der Waals surface area contributed by atoms with Crippen LogP contribution in [0.5, 0.6) is 11.6 Å². The van der Waals surface area contributed by atoms with E-state index < -0.39 is 11.7 Å². The molecular weight excluding hydrogens is 395 g/mol. The number of anilines is 1. The van der Waals surface area contributed by atoms with E-state index >= 15 is 0 Å². The first-order chi connectivity index (χ1) is 14.3. The number of benzene rings is 2. The molecule has 0 saturated heterocycles. The van der Waals surface area contributed by atoms with Gasteiger partial charge >= 0.3 is 6.18 Å². The van der Waals surface area contributed by atoms with Crippen molar-refractivity contribution in [2.45, 2.75) is 6.18 Å². The average molecular weight is 411 g/mol. The lowest BCUT2D eigenvalue weighted by molar-refractivity contribution is -0.137. The van der Waals surface area contributed by atoms with Crippen molar-refractivity contribution >= 4 is 11.4 Å². The van der Waals surface area contributed by atoms with Crippen LogP contribution in [0.3, 0.4) is 0 Å². The number of methoxy groups -OCH3 is 1. The van der Waals surface area contributed by atoms with Crippen LogP contribution in [0.1, 0.15) is 11.1 Å². The molecule has 2 heterocycles. The zero-order valence-electron chi connectivity index (χ0n) is 15.8. The number of ether oxygens (including phenoxy) is 2. The van der Waals surface area contributed by atoms with Gasteiger partial charge in [-0.15, -0.1) is 0 Å². The third-order valence-corrected chi connectivity index (χ3v) is 4.46. The fourth-order valence-corrected chi connectivity index (χ4v) is 2.99. The second kappa shape index (κ2) is 7.55. The van der Waals surface area contributed by atoms with E-state index in [1.165, 1.54) is 18.5 Å². The van der Waals surface area contributed by atoms with E-state index in [1.807, 2.05) is 18.2 Å². The zero-order chi connectivity index (χ0) is 21.3. The summed E-state index contributed by atoms with van der Waals surface area (Å²) >= 11 is 0. The molecule has 0 spiro atoms. The normalized spacial score (nSPS) is 13.2. The fraction of sp³-hybridized carbons (Fsp3) is 0.0909. The number of alkyl halides is 3. The minimum Gasteiger partial charge on any atom is -0.497 e. The van der Waals surface area contributed by atoms with Crippen LogP contribution < -0.4 is 14.8 Å². The maximum atomic E-state index is 12.8. The fourth-order valence-electron chi connectivity index (χ4n) is 2.99. The molecule has 0 amide bonds. The van der Waals surface area contributed by atoms with Gasteiger partial charge in [-0.1, -0.05) is 18.7 Å². The van der Waals surface area contributed by atoms with Gasteiger partial charge in [0.2, 0.25) is 5.88 Å². The third kappa shape index (κ3) is 3.98. The minimum atomic E-state index is -4.39. The molecule has 2 aromatic carbocycles. The lowest BCUT2D eigenvalue weighted by Crippen LogP contribution is -2.10. The molecule has 1 N–H and O–H groups in total. The molecule has 30 heavy (non-hydrogen) atoms. The van der Waals surface area contributed by atoms with Crippen LogP contribution >= 0.6 is 0 Å². The highest BCUT2D eigenvalue weighted by atomic mass is 19.4. The van der Waals surface area contributed by atoms with Gasteiger partial charge in [-0.25, -0.2) is 9.97 Å². The highest BCUT2D eigenvalue weighted by Gasteiger charge is 2.30. The first kappa shape index (κ1) is 19.5. The van der Waals surface area contributed by atoms with Gasteiger partial charge in [0.15, 0.2) is 0 Å². The first-order valence-corrected chi connectivity index (χ1v) is 8.87. The summed E-state index contributed by atoms with van der Waals surface area (Å²) in [5.74, 6) is 1.41. The smallest absolute Gasteiger partial charge is 0.416 e. The van der Waals surface area contributed by atoms with Crippen molar-refractivity contribution in [2.24, 2.45) is 0 Å². The topological polar surface area (TPSA) is 56.3 Å². The van der Waals surface area contributed by atoms with Crippen molar-refractivity contribution in [3.8, 4) is 22.9 Å². The molecule has 5 nitrogen and oxygen atoms in total. The van der Waals surface area contributed by atoms with E-state index in [2.05, 4.69) is 21.9 Å². The molecule has 8 heteroatoms. The van der Waals surface area contributed by atoms with Crippen LogP contribution in [-0.2, 0) is 6.18 Å². The Bertz CT molecular complexity index is 1140. The number of allylic oxidation sites excluding steroid dienone is 1. The summed E-state index contributed by atoms with van der Waals surface area (Å²) in [5.41, 5.74) is 2.43. The first-order valence-electron chi connectivity index (χ1n) is 8.87. The molecule has 1 aliphatic rings. The Labute approximate surface area is 170 Å². The van der Waals surface area contributed by atoms with Gasteiger partial charge in [0, 0.05) is 34.7 Å². The summed E-state index contributed by atoms with van der Waals surface area (Å²) in [6.07, 6.45) is -1.37. The number of nitrogens with one attached hydrogen (secondary N) is 1. The molecule has 152 valence electrons. The summed E-state index contributed by atoms with van der Waals surface area (Å²) in [6.45, 7) is 3.92. The van der Waals surface area contributed by atoms with Crippen molar-refractivity contribution in [1.82, 2.24) is 9.97 Å². The molecule has 3 aromatic rings. The summed E-state index contributed by atoms with van der Waals surface area (Å²) in [5, 5.41) is 3.15. The molecular formula is C22H16F3N3O2. The van der Waals surface area contributed by atoms with E-state index in [9.17, 15) is 13.2 Å². The average Bonchev–Trinajstić information content (AvgIpc) is 2.73. The summed E-state index contributed by atoms with van der Waals surface area (Å²) in [7, 11) is 1.57. The Hall–Kier alpha value is -3.81. The maximum Gasteiger partial charge on any atom is 0.416 e. The minimum absolute atomic E-state index is 0.245. The predicted molar refractivity (Wildman–Crippen MR) is 107 cm³/mol. The van der Waals surface area contributed by atoms with Gasteiger partial charge in [-0.2, -0.15) is 13.2 Å². The molecule has 0 radical (unpaired) electrons. The van der Waals surface area contributed by atoms with Crippen molar-refractivity contribution in [2.75, 3.05) is 12.4 Å². The van der Waals surface area contributed by atoms with Crippen LogP contribution in [-0.4, -0.2) is 17.1 Å². The molecule has 0 fully saturated rings. The summed E-state index contributed by atoms with van der Waals surface area (Å²) in [4.78, 5) is 8.26. The van der Waals surface area contributed by atoms with Gasteiger partial charge < -0.3 is 14.8 Å². The van der Waals surface area contributed by atoms with Gasteiger partial charge in [-0.3, -0.25) is 0 Å². The standard InChI is InChI=1S/C22H16F3N3O2/c1-13-9-20(17-10-16(29-2)7-8-18(17)28-13)30-21-11-19(26-12-27-21)14-3-5-15(6-4-14)22(23,24)25/h3-12,28H,1H2,2H3.